The van der Waals surface area contributed by atoms with Gasteiger partial charge < -0.3 is 12.4 Å². The van der Waals surface area contributed by atoms with Gasteiger partial charge in [-0.15, -0.1) is 0 Å². The van der Waals surface area contributed by atoms with E-state index in [2.05, 4.69) is 15.8 Å². The van der Waals surface area contributed by atoms with Crippen LogP contribution in [0.3, 0.4) is 0 Å². The average molecular weight is 375 g/mol. The van der Waals surface area contributed by atoms with E-state index in [-0.39, 0.29) is 12.4 Å². The Morgan fingerprint density at radius 3 is 1.58 bits per heavy atom. The van der Waals surface area contributed by atoms with Gasteiger partial charge in [0.15, 0.2) is 0 Å². The van der Waals surface area contributed by atoms with Crippen LogP contribution in [-0.4, -0.2) is 41.0 Å². The van der Waals surface area contributed by atoms with Gasteiger partial charge >= 0.3 is 0 Å². The van der Waals surface area contributed by atoms with Gasteiger partial charge in [0.1, 0.15) is 25.2 Å². The maximum absolute atomic E-state index is 2.87. The van der Waals surface area contributed by atoms with Crippen molar-refractivity contribution in [2.75, 3.05) is 13.1 Å². The van der Waals surface area contributed by atoms with Gasteiger partial charge in [-0.2, -0.15) is 0 Å². The molecule has 144 valence electrons. The van der Waals surface area contributed by atoms with Crippen LogP contribution in [0.4, 0.5) is 0 Å². The molecule has 0 saturated heterocycles. The van der Waals surface area contributed by atoms with Crippen LogP contribution in [0, 0.1) is 47.3 Å². The molecule has 0 spiro atoms. The van der Waals surface area contributed by atoms with E-state index in [1.165, 1.54) is 13.1 Å². The summed E-state index contributed by atoms with van der Waals surface area (Å²) in [6.45, 7) is 2.69. The largest absolute Gasteiger partial charge is 1.00 e. The minimum absolute atomic E-state index is 0. The molecular formula is C23H35ClN2. The molecule has 0 amide bonds. The lowest BCUT2D eigenvalue weighted by atomic mass is 9.54. The van der Waals surface area contributed by atoms with Crippen LogP contribution in [-0.2, 0) is 0 Å². The van der Waals surface area contributed by atoms with Gasteiger partial charge in [0.05, 0.1) is 0 Å². The van der Waals surface area contributed by atoms with E-state index in [9.17, 15) is 0 Å². The molecule has 26 heavy (non-hydrogen) atoms. The summed E-state index contributed by atoms with van der Waals surface area (Å²) >= 11 is 0. The molecule has 0 unspecified atom stereocenters. The zero-order valence-electron chi connectivity index (χ0n) is 16.1. The monoisotopic (exact) mass is 374 g/mol. The first kappa shape index (κ1) is 16.7. The first-order valence-corrected chi connectivity index (χ1v) is 11.7. The van der Waals surface area contributed by atoms with Crippen molar-refractivity contribution in [2.45, 2.75) is 76.3 Å². The first-order valence-electron chi connectivity index (χ1n) is 11.7. The third-order valence-electron chi connectivity index (χ3n) is 10.0. The minimum Gasteiger partial charge on any atom is -1.00 e. The van der Waals surface area contributed by atoms with Crippen molar-refractivity contribution < 1.29 is 17.0 Å². The van der Waals surface area contributed by atoms with Crippen LogP contribution in [0.15, 0.2) is 0 Å². The lowest BCUT2D eigenvalue weighted by molar-refractivity contribution is -0.580. The Labute approximate surface area is 165 Å². The Balaban J connectivity index is 0.00000137. The smallest absolute Gasteiger partial charge is 0.234 e. The molecule has 8 bridgehead atoms. The lowest BCUT2D eigenvalue weighted by Crippen LogP contribution is -3.00. The molecule has 8 fully saturated rings. The van der Waals surface area contributed by atoms with Gasteiger partial charge in [-0.25, -0.2) is 0 Å². The van der Waals surface area contributed by atoms with E-state index in [1.807, 2.05) is 0 Å². The maximum Gasteiger partial charge on any atom is 0.234 e. The summed E-state index contributed by atoms with van der Waals surface area (Å²) in [5.41, 5.74) is 0. The fourth-order valence-electron chi connectivity index (χ4n) is 9.87. The summed E-state index contributed by atoms with van der Waals surface area (Å²) in [6.07, 6.45) is 18.4. The Kier molecular flexibility index (Phi) is 3.77. The van der Waals surface area contributed by atoms with Crippen LogP contribution < -0.4 is 12.4 Å². The summed E-state index contributed by atoms with van der Waals surface area (Å²) in [5, 5.41) is 0. The van der Waals surface area contributed by atoms with Gasteiger partial charge in [0.25, 0.3) is 0 Å². The molecule has 2 nitrogen and oxygen atoms in total. The molecule has 9 aliphatic rings. The Bertz CT molecular complexity index is 557. The number of rotatable bonds is 2. The number of hydrogen-bond donors (Lipinski definition) is 0. The maximum atomic E-state index is 2.87. The third kappa shape index (κ3) is 2.32. The highest BCUT2D eigenvalue weighted by molar-refractivity contribution is 5.52. The molecular weight excluding hydrogens is 340 g/mol. The molecule has 1 heterocycles. The Hall–Kier alpha value is -0.240. The molecule has 3 heteroatoms. The summed E-state index contributed by atoms with van der Waals surface area (Å²) in [7, 11) is 0. The molecule has 9 rings (SSSR count). The number of halogens is 1. The highest BCUT2D eigenvalue weighted by Gasteiger charge is 2.55. The van der Waals surface area contributed by atoms with Crippen molar-refractivity contribution in [1.29, 1.82) is 0 Å². The van der Waals surface area contributed by atoms with E-state index >= 15 is 0 Å². The average Bonchev–Trinajstić information content (AvgIpc) is 3.02. The zero-order valence-corrected chi connectivity index (χ0v) is 16.9. The molecule has 0 aromatic heterocycles. The van der Waals surface area contributed by atoms with Crippen LogP contribution in [0.1, 0.15) is 64.2 Å². The number of nitrogens with zero attached hydrogens (tertiary/aromatic N) is 2. The standard InChI is InChI=1S/C23H35N2.ClH/c1-2-25(23-20-9-16-4-17(11-20)12-21(23)10-16)13-24(1)22-18-5-14-3-15(7-18)8-19(22)6-14;/h13-23H,1-12H2;1H/q+1;/p-1. The molecule has 0 aromatic rings. The first-order chi connectivity index (χ1) is 12.3. The Morgan fingerprint density at radius 1 is 0.615 bits per heavy atom. The summed E-state index contributed by atoms with van der Waals surface area (Å²) in [6, 6.07) is 1.85. The molecule has 8 saturated carbocycles. The normalized spacial score (nSPS) is 56.0. The van der Waals surface area contributed by atoms with Crippen molar-refractivity contribution >= 4 is 6.34 Å². The van der Waals surface area contributed by atoms with E-state index in [0.717, 1.165) is 59.4 Å². The molecule has 0 radical (unpaired) electrons. The van der Waals surface area contributed by atoms with Gasteiger partial charge in [0.2, 0.25) is 6.34 Å². The predicted molar refractivity (Wildman–Crippen MR) is 99.6 cm³/mol. The van der Waals surface area contributed by atoms with Gasteiger partial charge in [-0.1, -0.05) is 0 Å². The molecule has 1 aliphatic heterocycles. The van der Waals surface area contributed by atoms with Gasteiger partial charge in [0, 0.05) is 23.7 Å². The van der Waals surface area contributed by atoms with Crippen LogP contribution in [0.25, 0.3) is 0 Å². The third-order valence-corrected chi connectivity index (χ3v) is 10.0. The summed E-state index contributed by atoms with van der Waals surface area (Å²) in [4.78, 5) is 2.87. The second-order valence-electron chi connectivity index (χ2n) is 11.4. The molecule has 0 atom stereocenters. The second-order valence-corrected chi connectivity index (χ2v) is 11.4. The fraction of sp³-hybridized carbons (Fsp3) is 0.957. The SMILES string of the molecule is C1=[N+](C2C3CC4CC(C3)CC2C4)CCN1C1C2CC3CC(C2)CC1C3.[Cl-]. The van der Waals surface area contributed by atoms with Crippen LogP contribution in [0.5, 0.6) is 0 Å². The van der Waals surface area contributed by atoms with Crippen molar-refractivity contribution in [1.82, 2.24) is 4.90 Å². The Morgan fingerprint density at radius 2 is 1.08 bits per heavy atom. The van der Waals surface area contributed by atoms with Crippen LogP contribution in [0.2, 0.25) is 0 Å². The second kappa shape index (κ2) is 5.88. The van der Waals surface area contributed by atoms with E-state index < -0.39 is 0 Å². The molecule has 0 N–H and O–H groups in total. The predicted octanol–water partition coefficient (Wildman–Crippen LogP) is 0.996. The zero-order chi connectivity index (χ0) is 16.1. The minimum atomic E-state index is 0. The van der Waals surface area contributed by atoms with E-state index in [0.29, 0.717) is 0 Å². The highest BCUT2D eigenvalue weighted by atomic mass is 35.5. The topological polar surface area (TPSA) is 6.25 Å². The quantitative estimate of drug-likeness (QED) is 0.653. The van der Waals surface area contributed by atoms with Crippen molar-refractivity contribution in [2.24, 2.45) is 47.3 Å². The van der Waals surface area contributed by atoms with E-state index in [4.69, 9.17) is 0 Å². The molecule has 0 aromatic carbocycles. The van der Waals surface area contributed by atoms with Gasteiger partial charge in [-0.05, 0) is 87.9 Å². The van der Waals surface area contributed by atoms with Crippen molar-refractivity contribution in [3.63, 3.8) is 0 Å². The van der Waals surface area contributed by atoms with Crippen LogP contribution >= 0.6 is 0 Å². The van der Waals surface area contributed by atoms with Gasteiger partial charge in [-0.3, -0.25) is 9.48 Å². The van der Waals surface area contributed by atoms with E-state index in [1.54, 1.807) is 64.2 Å². The highest BCUT2D eigenvalue weighted by Crippen LogP contribution is 2.56. The lowest BCUT2D eigenvalue weighted by Gasteiger charge is -2.54. The fourth-order valence-corrected chi connectivity index (χ4v) is 9.87. The summed E-state index contributed by atoms with van der Waals surface area (Å²) < 4.78 is 2.87. The molecule has 8 aliphatic carbocycles. The summed E-state index contributed by atoms with van der Waals surface area (Å²) in [5.74, 6) is 8.64. The number of hydrogen-bond acceptors (Lipinski definition) is 1. The van der Waals surface area contributed by atoms with Crippen molar-refractivity contribution in [3.8, 4) is 0 Å². The van der Waals surface area contributed by atoms with Crippen molar-refractivity contribution in [3.05, 3.63) is 0 Å².